The quantitative estimate of drug-likeness (QED) is 0.796. The van der Waals surface area contributed by atoms with Crippen molar-refractivity contribution in [3.63, 3.8) is 0 Å². The van der Waals surface area contributed by atoms with Crippen LogP contribution in [0.15, 0.2) is 18.2 Å². The Balaban J connectivity index is 2.58. The van der Waals surface area contributed by atoms with E-state index in [1.165, 1.54) is 24.0 Å². The lowest BCUT2D eigenvalue weighted by molar-refractivity contribution is 0.411. The molecule has 0 atom stereocenters. The van der Waals surface area contributed by atoms with Crippen molar-refractivity contribution in [3.05, 3.63) is 29.3 Å². The molecule has 0 bridgehead atoms. The summed E-state index contributed by atoms with van der Waals surface area (Å²) in [5, 5.41) is 3.56. The van der Waals surface area contributed by atoms with E-state index < -0.39 is 0 Å². The Morgan fingerprint density at radius 3 is 2.44 bits per heavy atom. The molecule has 90 valence electrons. The van der Waals surface area contributed by atoms with Gasteiger partial charge in [0.05, 0.1) is 7.11 Å². The van der Waals surface area contributed by atoms with E-state index in [1.807, 2.05) is 6.07 Å². The number of ether oxygens (including phenoxy) is 1. The molecule has 0 radical (unpaired) electrons. The fourth-order valence-electron chi connectivity index (χ4n) is 1.89. The fraction of sp³-hybridized carbons (Fsp3) is 0.571. The lowest BCUT2D eigenvalue weighted by Crippen LogP contribution is -2.26. The van der Waals surface area contributed by atoms with Crippen LogP contribution in [-0.4, -0.2) is 13.2 Å². The van der Waals surface area contributed by atoms with Crippen molar-refractivity contribution in [3.8, 4) is 5.75 Å². The van der Waals surface area contributed by atoms with Crippen LogP contribution in [0.1, 0.15) is 37.8 Å². The van der Waals surface area contributed by atoms with Crippen molar-refractivity contribution >= 4 is 0 Å². The Kier molecular flexibility index (Phi) is 5.33. The summed E-state index contributed by atoms with van der Waals surface area (Å²) in [5.74, 6) is 0.964. The minimum absolute atomic E-state index is 0.627. The first kappa shape index (κ1) is 13.0. The standard InChI is InChI=1S/C14H23NO/c1-5-13(6-2)15-10-12-7-8-14(16-4)11(3)9-12/h7-9,13,15H,5-6,10H2,1-4H3. The number of benzene rings is 1. The topological polar surface area (TPSA) is 21.3 Å². The Labute approximate surface area is 99.0 Å². The summed E-state index contributed by atoms with van der Waals surface area (Å²) in [5.41, 5.74) is 2.52. The molecule has 2 heteroatoms. The van der Waals surface area contributed by atoms with Crippen LogP contribution < -0.4 is 10.1 Å². The van der Waals surface area contributed by atoms with Gasteiger partial charge in [-0.2, -0.15) is 0 Å². The first-order valence-electron chi connectivity index (χ1n) is 6.08. The molecule has 1 aromatic rings. The van der Waals surface area contributed by atoms with Gasteiger partial charge in [0.2, 0.25) is 0 Å². The first-order chi connectivity index (χ1) is 7.71. The molecule has 0 heterocycles. The fourth-order valence-corrected chi connectivity index (χ4v) is 1.89. The highest BCUT2D eigenvalue weighted by Gasteiger charge is 2.03. The predicted octanol–water partition coefficient (Wildman–Crippen LogP) is 3.28. The summed E-state index contributed by atoms with van der Waals surface area (Å²) in [4.78, 5) is 0. The Bertz CT molecular complexity index is 319. The molecule has 0 aliphatic carbocycles. The van der Waals surface area contributed by atoms with Gasteiger partial charge in [-0.3, -0.25) is 0 Å². The van der Waals surface area contributed by atoms with E-state index >= 15 is 0 Å². The second-order valence-corrected chi connectivity index (χ2v) is 4.20. The average molecular weight is 221 g/mol. The second-order valence-electron chi connectivity index (χ2n) is 4.20. The van der Waals surface area contributed by atoms with Gasteiger partial charge < -0.3 is 10.1 Å². The van der Waals surface area contributed by atoms with Crippen LogP contribution in [-0.2, 0) is 6.54 Å². The number of nitrogens with one attached hydrogen (secondary N) is 1. The molecule has 2 nitrogen and oxygen atoms in total. The molecular weight excluding hydrogens is 198 g/mol. The minimum Gasteiger partial charge on any atom is -0.496 e. The summed E-state index contributed by atoms with van der Waals surface area (Å²) < 4.78 is 5.25. The predicted molar refractivity (Wildman–Crippen MR) is 68.9 cm³/mol. The number of hydrogen-bond acceptors (Lipinski definition) is 2. The van der Waals surface area contributed by atoms with Gasteiger partial charge in [-0.1, -0.05) is 26.0 Å². The van der Waals surface area contributed by atoms with Gasteiger partial charge in [0.15, 0.2) is 0 Å². The SMILES string of the molecule is CCC(CC)NCc1ccc(OC)c(C)c1. The Morgan fingerprint density at radius 1 is 1.25 bits per heavy atom. The van der Waals surface area contributed by atoms with E-state index in [0.717, 1.165) is 12.3 Å². The second kappa shape index (κ2) is 6.54. The van der Waals surface area contributed by atoms with Gasteiger partial charge >= 0.3 is 0 Å². The van der Waals surface area contributed by atoms with Crippen molar-refractivity contribution in [1.82, 2.24) is 5.32 Å². The zero-order valence-electron chi connectivity index (χ0n) is 10.8. The molecule has 0 aromatic heterocycles. The maximum atomic E-state index is 5.25. The van der Waals surface area contributed by atoms with E-state index in [-0.39, 0.29) is 0 Å². The van der Waals surface area contributed by atoms with E-state index in [9.17, 15) is 0 Å². The Hall–Kier alpha value is -1.02. The van der Waals surface area contributed by atoms with Crippen LogP contribution in [0.4, 0.5) is 0 Å². The van der Waals surface area contributed by atoms with E-state index in [1.54, 1.807) is 7.11 Å². The third kappa shape index (κ3) is 3.53. The Morgan fingerprint density at radius 2 is 1.94 bits per heavy atom. The monoisotopic (exact) mass is 221 g/mol. The van der Waals surface area contributed by atoms with Crippen LogP contribution in [0.5, 0.6) is 5.75 Å². The summed E-state index contributed by atoms with van der Waals surface area (Å²) in [6, 6.07) is 6.98. The highest BCUT2D eigenvalue weighted by molar-refractivity contribution is 5.36. The number of aryl methyl sites for hydroxylation is 1. The number of hydrogen-bond donors (Lipinski definition) is 1. The maximum Gasteiger partial charge on any atom is 0.121 e. The normalized spacial score (nSPS) is 10.8. The van der Waals surface area contributed by atoms with Crippen molar-refractivity contribution in [2.45, 2.75) is 46.2 Å². The largest absolute Gasteiger partial charge is 0.496 e. The van der Waals surface area contributed by atoms with Crippen LogP contribution in [0.25, 0.3) is 0 Å². The zero-order valence-corrected chi connectivity index (χ0v) is 10.8. The van der Waals surface area contributed by atoms with Gasteiger partial charge in [0, 0.05) is 12.6 Å². The molecule has 0 fully saturated rings. The third-order valence-electron chi connectivity index (χ3n) is 3.04. The lowest BCUT2D eigenvalue weighted by Gasteiger charge is -2.15. The van der Waals surface area contributed by atoms with Crippen molar-refractivity contribution in [2.75, 3.05) is 7.11 Å². The summed E-state index contributed by atoms with van der Waals surface area (Å²) >= 11 is 0. The molecule has 0 aliphatic rings. The molecule has 0 saturated carbocycles. The van der Waals surface area contributed by atoms with Gasteiger partial charge in [0.1, 0.15) is 5.75 Å². The highest BCUT2D eigenvalue weighted by atomic mass is 16.5. The van der Waals surface area contributed by atoms with Crippen LogP contribution in [0.2, 0.25) is 0 Å². The maximum absolute atomic E-state index is 5.25. The third-order valence-corrected chi connectivity index (χ3v) is 3.04. The molecule has 16 heavy (non-hydrogen) atoms. The first-order valence-corrected chi connectivity index (χ1v) is 6.08. The molecule has 0 amide bonds. The molecule has 0 saturated heterocycles. The number of methoxy groups -OCH3 is 1. The average Bonchev–Trinajstić information content (AvgIpc) is 2.30. The van der Waals surface area contributed by atoms with Crippen LogP contribution >= 0.6 is 0 Å². The summed E-state index contributed by atoms with van der Waals surface area (Å²) in [7, 11) is 1.71. The van der Waals surface area contributed by atoms with E-state index in [0.29, 0.717) is 6.04 Å². The van der Waals surface area contributed by atoms with Gasteiger partial charge in [-0.25, -0.2) is 0 Å². The molecule has 0 aliphatic heterocycles. The smallest absolute Gasteiger partial charge is 0.121 e. The molecule has 1 aromatic carbocycles. The van der Waals surface area contributed by atoms with E-state index in [2.05, 4.69) is 38.2 Å². The van der Waals surface area contributed by atoms with Crippen LogP contribution in [0.3, 0.4) is 0 Å². The van der Waals surface area contributed by atoms with Crippen LogP contribution in [0, 0.1) is 6.92 Å². The lowest BCUT2D eigenvalue weighted by atomic mass is 10.1. The van der Waals surface area contributed by atoms with Crippen molar-refractivity contribution in [2.24, 2.45) is 0 Å². The summed E-state index contributed by atoms with van der Waals surface area (Å²) in [6.45, 7) is 7.47. The summed E-state index contributed by atoms with van der Waals surface area (Å²) in [6.07, 6.45) is 2.37. The van der Waals surface area contributed by atoms with Gasteiger partial charge in [-0.15, -0.1) is 0 Å². The molecular formula is C14H23NO. The van der Waals surface area contributed by atoms with Gasteiger partial charge in [-0.05, 0) is 37.0 Å². The van der Waals surface area contributed by atoms with E-state index in [4.69, 9.17) is 4.74 Å². The highest BCUT2D eigenvalue weighted by Crippen LogP contribution is 2.18. The van der Waals surface area contributed by atoms with Gasteiger partial charge in [0.25, 0.3) is 0 Å². The number of rotatable bonds is 6. The van der Waals surface area contributed by atoms with Crippen molar-refractivity contribution < 1.29 is 4.74 Å². The molecule has 0 spiro atoms. The minimum atomic E-state index is 0.627. The molecule has 1 N–H and O–H groups in total. The molecule has 0 unspecified atom stereocenters. The van der Waals surface area contributed by atoms with Crippen molar-refractivity contribution in [1.29, 1.82) is 0 Å². The molecule has 1 rings (SSSR count). The zero-order chi connectivity index (χ0) is 12.0.